The number of nitrogens with two attached hydrogens (primary N) is 1. The van der Waals surface area contributed by atoms with Crippen molar-refractivity contribution in [3.05, 3.63) is 107 Å². The first-order valence-electron chi connectivity index (χ1n) is 9.48. The lowest BCUT2D eigenvalue weighted by atomic mass is 10.0. The molecule has 31 heavy (non-hydrogen) atoms. The number of carbonyl (C=O) groups excluding carboxylic acids is 2. The van der Waals surface area contributed by atoms with Crippen molar-refractivity contribution in [2.24, 2.45) is 5.73 Å². The average molecular weight is 428 g/mol. The van der Waals surface area contributed by atoms with Gasteiger partial charge in [0.1, 0.15) is 0 Å². The van der Waals surface area contributed by atoms with E-state index in [2.05, 4.69) is 0 Å². The van der Waals surface area contributed by atoms with Crippen molar-refractivity contribution in [2.45, 2.75) is 19.6 Å². The summed E-state index contributed by atoms with van der Waals surface area (Å²) in [6, 6.07) is 23.5. The van der Waals surface area contributed by atoms with Crippen molar-refractivity contribution in [2.75, 3.05) is 6.54 Å². The zero-order valence-electron chi connectivity index (χ0n) is 17.0. The molecule has 3 aromatic rings. The van der Waals surface area contributed by atoms with E-state index < -0.39 is 23.6 Å². The number of nitrogens with zero attached hydrogens (tertiary/aromatic N) is 1. The van der Waals surface area contributed by atoms with Crippen molar-refractivity contribution in [1.82, 2.24) is 4.90 Å². The van der Waals surface area contributed by atoms with Gasteiger partial charge in [-0.2, -0.15) is 13.2 Å². The van der Waals surface area contributed by atoms with E-state index in [1.54, 1.807) is 37.3 Å². The van der Waals surface area contributed by atoms with Crippen LogP contribution in [-0.4, -0.2) is 23.3 Å². The maximum atomic E-state index is 12.9. The van der Waals surface area contributed by atoms with Gasteiger partial charge in [-0.05, 0) is 42.3 Å². The monoisotopic (exact) mass is 428 g/mol. The lowest BCUT2D eigenvalue weighted by molar-refractivity contribution is -0.137. The molecule has 7 heteroatoms. The smallest absolute Gasteiger partial charge is 0.368 e. The highest BCUT2D eigenvalue weighted by Crippen LogP contribution is 2.31. The number of halogens is 3. The third-order valence-corrected chi connectivity index (χ3v) is 4.36. The second kappa shape index (κ2) is 11.0. The van der Waals surface area contributed by atoms with E-state index >= 15 is 0 Å². The van der Waals surface area contributed by atoms with E-state index in [9.17, 15) is 22.8 Å². The highest BCUT2D eigenvalue weighted by Gasteiger charge is 2.31. The fraction of sp³-hybridized carbons (Fsp3) is 0.167. The molecule has 0 radical (unpaired) electrons. The third-order valence-electron chi connectivity index (χ3n) is 4.36. The first-order valence-corrected chi connectivity index (χ1v) is 9.48. The molecule has 0 aliphatic heterocycles. The molecule has 0 heterocycles. The van der Waals surface area contributed by atoms with Crippen LogP contribution in [0, 0.1) is 6.92 Å². The summed E-state index contributed by atoms with van der Waals surface area (Å²) in [4.78, 5) is 25.0. The van der Waals surface area contributed by atoms with E-state index in [4.69, 9.17) is 5.73 Å². The molecule has 162 valence electrons. The van der Waals surface area contributed by atoms with Gasteiger partial charge in [-0.25, -0.2) is 0 Å². The summed E-state index contributed by atoms with van der Waals surface area (Å²) in [7, 11) is 0. The summed E-state index contributed by atoms with van der Waals surface area (Å²) in [5, 5.41) is 0. The lowest BCUT2D eigenvalue weighted by Gasteiger charge is -2.23. The Bertz CT molecular complexity index is 964. The van der Waals surface area contributed by atoms with Crippen LogP contribution in [0.2, 0.25) is 0 Å². The largest absolute Gasteiger partial charge is 0.416 e. The van der Waals surface area contributed by atoms with E-state index in [0.29, 0.717) is 16.7 Å². The number of benzene rings is 3. The normalized spacial score (nSPS) is 10.6. The van der Waals surface area contributed by atoms with Crippen molar-refractivity contribution < 1.29 is 22.8 Å². The van der Waals surface area contributed by atoms with Gasteiger partial charge < -0.3 is 10.6 Å². The Morgan fingerprint density at radius 2 is 1.39 bits per heavy atom. The summed E-state index contributed by atoms with van der Waals surface area (Å²) in [5.74, 6) is -1.22. The highest BCUT2D eigenvalue weighted by molar-refractivity contribution is 5.96. The molecule has 0 aliphatic carbocycles. The number of primary amides is 1. The summed E-state index contributed by atoms with van der Waals surface area (Å²) >= 11 is 0. The van der Waals surface area contributed by atoms with Crippen molar-refractivity contribution in [3.63, 3.8) is 0 Å². The maximum absolute atomic E-state index is 12.9. The number of hydrogen-bond donors (Lipinski definition) is 1. The fourth-order valence-corrected chi connectivity index (χ4v) is 2.76. The molecule has 0 bridgehead atoms. The van der Waals surface area contributed by atoms with Crippen LogP contribution in [0.5, 0.6) is 0 Å². The van der Waals surface area contributed by atoms with E-state index in [1.807, 2.05) is 36.4 Å². The molecule has 3 aromatic carbocycles. The van der Waals surface area contributed by atoms with Gasteiger partial charge >= 0.3 is 6.18 Å². The number of amides is 2. The molecule has 0 unspecified atom stereocenters. The molecule has 4 nitrogen and oxygen atoms in total. The van der Waals surface area contributed by atoms with Gasteiger partial charge in [0.2, 0.25) is 5.91 Å². The Labute approximate surface area is 179 Å². The minimum atomic E-state index is -4.49. The third kappa shape index (κ3) is 7.62. The van der Waals surface area contributed by atoms with Crippen molar-refractivity contribution in [1.29, 1.82) is 0 Å². The Kier molecular flexibility index (Phi) is 8.37. The Morgan fingerprint density at radius 1 is 0.871 bits per heavy atom. The molecular formula is C24H23F3N2O2. The SMILES string of the molecule is Cc1ccc(C(F)(F)F)cc1CN(CC(N)=O)C(=O)c1ccccc1.c1ccccc1. The van der Waals surface area contributed by atoms with Crippen LogP contribution in [-0.2, 0) is 17.5 Å². The van der Waals surface area contributed by atoms with Crippen LogP contribution < -0.4 is 5.73 Å². The van der Waals surface area contributed by atoms with Crippen LogP contribution in [0.4, 0.5) is 13.2 Å². The number of alkyl halides is 3. The predicted molar refractivity (Wildman–Crippen MR) is 113 cm³/mol. The lowest BCUT2D eigenvalue weighted by Crippen LogP contribution is -2.38. The first kappa shape index (κ1) is 23.7. The van der Waals surface area contributed by atoms with Gasteiger partial charge in [0.15, 0.2) is 0 Å². The Morgan fingerprint density at radius 3 is 1.87 bits per heavy atom. The minimum Gasteiger partial charge on any atom is -0.368 e. The Balaban J connectivity index is 0.000000488. The average Bonchev–Trinajstić information content (AvgIpc) is 2.75. The number of carbonyl (C=O) groups is 2. The van der Waals surface area contributed by atoms with Crippen LogP contribution in [0.25, 0.3) is 0 Å². The molecule has 0 fully saturated rings. The van der Waals surface area contributed by atoms with E-state index in [1.165, 1.54) is 6.07 Å². The van der Waals surface area contributed by atoms with Crippen LogP contribution in [0.1, 0.15) is 27.0 Å². The van der Waals surface area contributed by atoms with E-state index in [-0.39, 0.29) is 13.1 Å². The molecule has 0 saturated heterocycles. The van der Waals surface area contributed by atoms with Crippen LogP contribution in [0.15, 0.2) is 84.9 Å². The molecule has 0 aromatic heterocycles. The van der Waals surface area contributed by atoms with Gasteiger partial charge in [0.05, 0.1) is 12.1 Å². The van der Waals surface area contributed by atoms with Crippen LogP contribution in [0.3, 0.4) is 0 Å². The van der Waals surface area contributed by atoms with Crippen molar-refractivity contribution >= 4 is 11.8 Å². The molecule has 3 rings (SSSR count). The van der Waals surface area contributed by atoms with Gasteiger partial charge in [0.25, 0.3) is 5.91 Å². The molecular weight excluding hydrogens is 405 g/mol. The fourth-order valence-electron chi connectivity index (χ4n) is 2.76. The van der Waals surface area contributed by atoms with Gasteiger partial charge in [0, 0.05) is 12.1 Å². The quantitative estimate of drug-likeness (QED) is 0.633. The number of rotatable bonds is 5. The van der Waals surface area contributed by atoms with Crippen LogP contribution >= 0.6 is 0 Å². The standard InChI is InChI=1S/C18H17F3N2O2.C6H6/c1-12-7-8-15(18(19,20)21)9-14(12)10-23(11-16(22)24)17(25)13-5-3-2-4-6-13;1-2-4-6-5-3-1/h2-9H,10-11H2,1H3,(H2,22,24);1-6H. The van der Waals surface area contributed by atoms with Gasteiger partial charge in [-0.1, -0.05) is 60.7 Å². The summed E-state index contributed by atoms with van der Waals surface area (Å²) in [6.07, 6.45) is -4.49. The molecule has 0 saturated carbocycles. The molecule has 0 spiro atoms. The van der Waals surface area contributed by atoms with Gasteiger partial charge in [-0.3, -0.25) is 9.59 Å². The number of aryl methyl sites for hydroxylation is 1. The van der Waals surface area contributed by atoms with Crippen molar-refractivity contribution in [3.8, 4) is 0 Å². The predicted octanol–water partition coefficient (Wildman–Crippen LogP) is 4.83. The summed E-state index contributed by atoms with van der Waals surface area (Å²) in [6.45, 7) is 1.11. The summed E-state index contributed by atoms with van der Waals surface area (Å²) in [5.41, 5.74) is 5.60. The van der Waals surface area contributed by atoms with Gasteiger partial charge in [-0.15, -0.1) is 0 Å². The minimum absolute atomic E-state index is 0.146. The topological polar surface area (TPSA) is 63.4 Å². The maximum Gasteiger partial charge on any atom is 0.416 e. The Hall–Kier alpha value is -3.61. The second-order valence-corrected chi connectivity index (χ2v) is 6.79. The first-order chi connectivity index (χ1) is 14.7. The highest BCUT2D eigenvalue weighted by atomic mass is 19.4. The number of hydrogen-bond acceptors (Lipinski definition) is 2. The molecule has 2 N–H and O–H groups in total. The zero-order valence-corrected chi connectivity index (χ0v) is 17.0. The molecule has 0 atom stereocenters. The molecule has 2 amide bonds. The van der Waals surface area contributed by atoms with E-state index in [0.717, 1.165) is 17.0 Å². The zero-order chi connectivity index (χ0) is 22.9. The second-order valence-electron chi connectivity index (χ2n) is 6.79. The molecule has 0 aliphatic rings. The summed E-state index contributed by atoms with van der Waals surface area (Å²) < 4.78 is 38.7.